The first-order valence-corrected chi connectivity index (χ1v) is 10.4. The van der Waals surface area contributed by atoms with Crippen LogP contribution in [0.1, 0.15) is 48.7 Å². The predicted octanol–water partition coefficient (Wildman–Crippen LogP) is 4.87. The highest BCUT2D eigenvalue weighted by molar-refractivity contribution is 6.35. The van der Waals surface area contributed by atoms with Crippen molar-refractivity contribution in [3.8, 4) is 5.75 Å². The predicted molar refractivity (Wildman–Crippen MR) is 115 cm³/mol. The van der Waals surface area contributed by atoms with E-state index in [0.717, 1.165) is 17.7 Å². The Bertz CT molecular complexity index is 866. The van der Waals surface area contributed by atoms with Gasteiger partial charge < -0.3 is 15.0 Å². The highest BCUT2D eigenvalue weighted by Crippen LogP contribution is 2.25. The number of rotatable bonds is 6. The molecule has 29 heavy (non-hydrogen) atoms. The molecule has 2 aromatic carbocycles. The van der Waals surface area contributed by atoms with Crippen LogP contribution in [-0.2, 0) is 4.79 Å². The number of hydrogen-bond donors (Lipinski definition) is 1. The maximum absolute atomic E-state index is 12.9. The average Bonchev–Trinajstić information content (AvgIpc) is 3.17. The normalized spacial score (nSPS) is 17.1. The van der Waals surface area contributed by atoms with Gasteiger partial charge in [0.25, 0.3) is 5.91 Å². The summed E-state index contributed by atoms with van der Waals surface area (Å²) >= 11 is 12.0. The molecular weight excluding hydrogens is 411 g/mol. The van der Waals surface area contributed by atoms with Crippen LogP contribution in [0.4, 0.5) is 0 Å². The Morgan fingerprint density at radius 2 is 1.83 bits per heavy atom. The smallest absolute Gasteiger partial charge is 0.254 e. The van der Waals surface area contributed by atoms with Crippen LogP contribution in [0.3, 0.4) is 0 Å². The number of halogens is 2. The molecule has 0 aromatic heterocycles. The third-order valence-electron chi connectivity index (χ3n) is 4.98. The van der Waals surface area contributed by atoms with Gasteiger partial charge in [0.1, 0.15) is 11.8 Å². The highest BCUT2D eigenvalue weighted by atomic mass is 35.5. The van der Waals surface area contributed by atoms with E-state index in [-0.39, 0.29) is 17.9 Å². The lowest BCUT2D eigenvalue weighted by Crippen LogP contribution is -2.46. The molecule has 2 unspecified atom stereocenters. The van der Waals surface area contributed by atoms with Gasteiger partial charge in [-0.15, -0.1) is 0 Å². The van der Waals surface area contributed by atoms with E-state index >= 15 is 0 Å². The van der Waals surface area contributed by atoms with Crippen LogP contribution in [0, 0.1) is 0 Å². The summed E-state index contributed by atoms with van der Waals surface area (Å²) in [5, 5.41) is 3.81. The molecule has 5 nitrogen and oxygen atoms in total. The summed E-state index contributed by atoms with van der Waals surface area (Å²) in [6.07, 6.45) is 1.40. The molecule has 154 valence electrons. The molecule has 0 spiro atoms. The summed E-state index contributed by atoms with van der Waals surface area (Å²) in [4.78, 5) is 27.4. The molecule has 7 heteroatoms. The molecule has 1 saturated heterocycles. The van der Waals surface area contributed by atoms with E-state index in [1.807, 2.05) is 38.1 Å². The van der Waals surface area contributed by atoms with Crippen molar-refractivity contribution in [2.45, 2.75) is 38.8 Å². The SMILES string of the molecule is CCOc1ccc(C(C)NC(=O)C2CCCN2C(=O)c2cc(Cl)cc(Cl)c2)cc1. The molecule has 2 atom stereocenters. The second kappa shape index (κ2) is 9.51. The summed E-state index contributed by atoms with van der Waals surface area (Å²) in [7, 11) is 0. The Balaban J connectivity index is 1.68. The van der Waals surface area contributed by atoms with Crippen LogP contribution in [0.2, 0.25) is 10.0 Å². The number of carbonyl (C=O) groups excluding carboxylic acids is 2. The molecule has 2 amide bonds. The Morgan fingerprint density at radius 3 is 2.45 bits per heavy atom. The van der Waals surface area contributed by atoms with Crippen molar-refractivity contribution < 1.29 is 14.3 Å². The Hall–Kier alpha value is -2.24. The topological polar surface area (TPSA) is 58.6 Å². The molecule has 1 heterocycles. The number of hydrogen-bond acceptors (Lipinski definition) is 3. The van der Waals surface area contributed by atoms with E-state index < -0.39 is 6.04 Å². The Morgan fingerprint density at radius 1 is 1.17 bits per heavy atom. The van der Waals surface area contributed by atoms with Crippen molar-refractivity contribution >= 4 is 35.0 Å². The van der Waals surface area contributed by atoms with Crippen LogP contribution in [0.25, 0.3) is 0 Å². The second-order valence-electron chi connectivity index (χ2n) is 7.05. The molecule has 0 aliphatic carbocycles. The van der Waals surface area contributed by atoms with Crippen molar-refractivity contribution in [2.75, 3.05) is 13.2 Å². The fraction of sp³-hybridized carbons (Fsp3) is 0.364. The van der Waals surface area contributed by atoms with Gasteiger partial charge in [-0.3, -0.25) is 9.59 Å². The third kappa shape index (κ3) is 5.22. The fourth-order valence-corrected chi connectivity index (χ4v) is 4.06. The third-order valence-corrected chi connectivity index (χ3v) is 5.41. The summed E-state index contributed by atoms with van der Waals surface area (Å²) in [6.45, 7) is 4.99. The number of nitrogens with zero attached hydrogens (tertiary/aromatic N) is 1. The molecule has 0 saturated carbocycles. The van der Waals surface area contributed by atoms with E-state index in [1.165, 1.54) is 0 Å². The van der Waals surface area contributed by atoms with E-state index in [2.05, 4.69) is 5.32 Å². The van der Waals surface area contributed by atoms with Gasteiger partial charge in [-0.1, -0.05) is 35.3 Å². The second-order valence-corrected chi connectivity index (χ2v) is 7.92. The van der Waals surface area contributed by atoms with Crippen molar-refractivity contribution in [3.63, 3.8) is 0 Å². The van der Waals surface area contributed by atoms with Crippen molar-refractivity contribution in [3.05, 3.63) is 63.6 Å². The first-order chi connectivity index (χ1) is 13.9. The number of amides is 2. The van der Waals surface area contributed by atoms with Gasteiger partial charge in [0, 0.05) is 22.2 Å². The first kappa shape index (κ1) is 21.5. The minimum atomic E-state index is -0.509. The largest absolute Gasteiger partial charge is 0.494 e. The van der Waals surface area contributed by atoms with Gasteiger partial charge in [0.2, 0.25) is 5.91 Å². The van der Waals surface area contributed by atoms with Gasteiger partial charge in [-0.2, -0.15) is 0 Å². The summed E-state index contributed by atoms with van der Waals surface area (Å²) in [5.41, 5.74) is 1.36. The lowest BCUT2D eigenvalue weighted by Gasteiger charge is -2.26. The zero-order chi connectivity index (χ0) is 21.0. The maximum atomic E-state index is 12.9. The maximum Gasteiger partial charge on any atom is 0.254 e. The average molecular weight is 435 g/mol. The minimum Gasteiger partial charge on any atom is -0.494 e. The van der Waals surface area contributed by atoms with Crippen molar-refractivity contribution in [2.24, 2.45) is 0 Å². The highest BCUT2D eigenvalue weighted by Gasteiger charge is 2.35. The Labute approximate surface area is 180 Å². The van der Waals surface area contributed by atoms with Crippen molar-refractivity contribution in [1.29, 1.82) is 0 Å². The lowest BCUT2D eigenvalue weighted by atomic mass is 10.1. The number of carbonyl (C=O) groups is 2. The number of nitrogens with one attached hydrogen (secondary N) is 1. The lowest BCUT2D eigenvalue weighted by molar-refractivity contribution is -0.125. The Kier molecular flexibility index (Phi) is 7.04. The van der Waals surface area contributed by atoms with Crippen LogP contribution in [0.5, 0.6) is 5.75 Å². The molecule has 0 radical (unpaired) electrons. The molecule has 1 aliphatic heterocycles. The summed E-state index contributed by atoms with van der Waals surface area (Å²) in [6, 6.07) is 11.7. The van der Waals surface area contributed by atoms with Crippen LogP contribution in [0.15, 0.2) is 42.5 Å². The molecular formula is C22H24Cl2N2O3. The number of ether oxygens (including phenoxy) is 1. The van der Waals surface area contributed by atoms with E-state index in [4.69, 9.17) is 27.9 Å². The quantitative estimate of drug-likeness (QED) is 0.704. The number of likely N-dealkylation sites (tertiary alicyclic amines) is 1. The van der Waals surface area contributed by atoms with E-state index in [9.17, 15) is 9.59 Å². The molecule has 1 N–H and O–H groups in total. The van der Waals surface area contributed by atoms with Crippen LogP contribution >= 0.6 is 23.2 Å². The van der Waals surface area contributed by atoms with Gasteiger partial charge in [0.05, 0.1) is 12.6 Å². The van der Waals surface area contributed by atoms with E-state index in [1.54, 1.807) is 23.1 Å². The summed E-state index contributed by atoms with van der Waals surface area (Å²) in [5.74, 6) is 0.397. The van der Waals surface area contributed by atoms with Crippen LogP contribution in [-0.4, -0.2) is 35.9 Å². The van der Waals surface area contributed by atoms with Crippen LogP contribution < -0.4 is 10.1 Å². The van der Waals surface area contributed by atoms with Gasteiger partial charge in [0.15, 0.2) is 0 Å². The van der Waals surface area contributed by atoms with E-state index in [0.29, 0.717) is 35.2 Å². The zero-order valence-corrected chi connectivity index (χ0v) is 18.0. The van der Waals surface area contributed by atoms with Gasteiger partial charge in [-0.25, -0.2) is 0 Å². The first-order valence-electron chi connectivity index (χ1n) is 9.69. The van der Waals surface area contributed by atoms with Crippen molar-refractivity contribution in [1.82, 2.24) is 10.2 Å². The number of benzene rings is 2. The monoisotopic (exact) mass is 434 g/mol. The molecule has 3 rings (SSSR count). The zero-order valence-electron chi connectivity index (χ0n) is 16.5. The summed E-state index contributed by atoms with van der Waals surface area (Å²) < 4.78 is 5.45. The van der Waals surface area contributed by atoms with Gasteiger partial charge >= 0.3 is 0 Å². The standard InChI is InChI=1S/C22H24Cl2N2O3/c1-3-29-19-8-6-15(7-9-19)14(2)25-21(27)20-5-4-10-26(20)22(28)16-11-17(23)13-18(24)12-16/h6-9,11-14,20H,3-5,10H2,1-2H3,(H,25,27). The molecule has 2 aromatic rings. The molecule has 0 bridgehead atoms. The molecule has 1 aliphatic rings. The molecule has 1 fully saturated rings. The fourth-order valence-electron chi connectivity index (χ4n) is 3.54. The van der Waals surface area contributed by atoms with Gasteiger partial charge in [-0.05, 0) is 62.6 Å². The minimum absolute atomic E-state index is 0.162.